The summed E-state index contributed by atoms with van der Waals surface area (Å²) in [4.78, 5) is 15.3. The lowest BCUT2D eigenvalue weighted by Gasteiger charge is -2.20. The second-order valence-corrected chi connectivity index (χ2v) is 7.36. The molecule has 1 aromatic heterocycles. The van der Waals surface area contributed by atoms with Gasteiger partial charge in [-0.1, -0.05) is 48.0 Å². The van der Waals surface area contributed by atoms with Gasteiger partial charge in [-0.25, -0.2) is 0 Å². The van der Waals surface area contributed by atoms with Gasteiger partial charge in [-0.3, -0.25) is 4.79 Å². The van der Waals surface area contributed by atoms with E-state index in [1.165, 1.54) is 21.8 Å². The number of nitrogens with zero attached hydrogens (tertiary/aromatic N) is 1. The molecular formula is C21H23NO3S. The highest BCUT2D eigenvalue weighted by Gasteiger charge is 2.23. The van der Waals surface area contributed by atoms with E-state index in [1.807, 2.05) is 18.2 Å². The highest BCUT2D eigenvalue weighted by atomic mass is 32.1. The largest absolute Gasteiger partial charge is 0.395 e. The van der Waals surface area contributed by atoms with Gasteiger partial charge < -0.3 is 15.1 Å². The van der Waals surface area contributed by atoms with Crippen molar-refractivity contribution in [1.82, 2.24) is 4.90 Å². The fraction of sp³-hybridized carbons (Fsp3) is 0.286. The first-order valence-corrected chi connectivity index (χ1v) is 9.52. The zero-order valence-electron chi connectivity index (χ0n) is 14.8. The van der Waals surface area contributed by atoms with Crippen molar-refractivity contribution in [2.45, 2.75) is 13.3 Å². The van der Waals surface area contributed by atoms with Gasteiger partial charge >= 0.3 is 0 Å². The van der Waals surface area contributed by atoms with Crippen molar-refractivity contribution in [1.29, 1.82) is 0 Å². The molecule has 0 saturated carbocycles. The van der Waals surface area contributed by atoms with E-state index in [1.54, 1.807) is 0 Å². The van der Waals surface area contributed by atoms with Crippen molar-refractivity contribution in [2.75, 3.05) is 26.3 Å². The number of aryl methyl sites for hydroxylation is 1. The van der Waals surface area contributed by atoms with Crippen LogP contribution in [0.15, 0.2) is 48.5 Å². The van der Waals surface area contributed by atoms with Crippen LogP contribution in [0, 0.1) is 6.92 Å². The Labute approximate surface area is 157 Å². The molecule has 0 spiro atoms. The molecule has 0 radical (unpaired) electrons. The third kappa shape index (κ3) is 3.96. The third-order valence-electron chi connectivity index (χ3n) is 4.42. The number of aliphatic hydroxyl groups excluding tert-OH is 2. The Balaban J connectivity index is 2.03. The van der Waals surface area contributed by atoms with Crippen LogP contribution in [0.3, 0.4) is 0 Å². The van der Waals surface area contributed by atoms with Gasteiger partial charge in [0.15, 0.2) is 0 Å². The van der Waals surface area contributed by atoms with E-state index in [-0.39, 0.29) is 32.2 Å². The van der Waals surface area contributed by atoms with Gasteiger partial charge in [-0.15, -0.1) is 11.3 Å². The molecule has 0 aliphatic heterocycles. The van der Waals surface area contributed by atoms with Gasteiger partial charge in [-0.2, -0.15) is 0 Å². The van der Waals surface area contributed by atoms with Crippen LogP contribution in [0.4, 0.5) is 0 Å². The van der Waals surface area contributed by atoms with Crippen LogP contribution in [0.25, 0.3) is 10.1 Å². The Morgan fingerprint density at radius 1 is 1.00 bits per heavy atom. The van der Waals surface area contributed by atoms with Crippen LogP contribution in [-0.4, -0.2) is 47.3 Å². The van der Waals surface area contributed by atoms with Crippen molar-refractivity contribution in [3.8, 4) is 0 Å². The maximum absolute atomic E-state index is 13.1. The molecule has 2 aromatic carbocycles. The third-order valence-corrected chi connectivity index (χ3v) is 5.62. The minimum atomic E-state index is -0.128. The molecule has 1 heterocycles. The molecule has 0 atom stereocenters. The minimum absolute atomic E-state index is 0.121. The average molecular weight is 369 g/mol. The van der Waals surface area contributed by atoms with Crippen molar-refractivity contribution in [3.05, 3.63) is 70.1 Å². The summed E-state index contributed by atoms with van der Waals surface area (Å²) in [5.74, 6) is -0.128. The zero-order valence-corrected chi connectivity index (χ0v) is 15.6. The first kappa shape index (κ1) is 18.6. The predicted molar refractivity (Wildman–Crippen MR) is 106 cm³/mol. The molecule has 2 N–H and O–H groups in total. The first-order valence-electron chi connectivity index (χ1n) is 8.71. The maximum atomic E-state index is 13.1. The number of benzene rings is 2. The van der Waals surface area contributed by atoms with Gasteiger partial charge in [-0.05, 0) is 35.9 Å². The Kier molecular flexibility index (Phi) is 6.04. The predicted octanol–water partition coefficient (Wildman–Crippen LogP) is 3.23. The fourth-order valence-electron chi connectivity index (χ4n) is 3.06. The summed E-state index contributed by atoms with van der Waals surface area (Å²) in [6.07, 6.45) is 0.678. The number of fused-ring (bicyclic) bond motifs is 1. The second-order valence-electron chi connectivity index (χ2n) is 6.31. The SMILES string of the molecule is Cc1ccc(Cc2c(C(=O)N(CCO)CCO)sc3ccccc23)cc1. The molecule has 0 saturated heterocycles. The summed E-state index contributed by atoms with van der Waals surface area (Å²) in [7, 11) is 0. The smallest absolute Gasteiger partial charge is 0.264 e. The number of carbonyl (C=O) groups excluding carboxylic acids is 1. The van der Waals surface area contributed by atoms with Gasteiger partial charge in [0.2, 0.25) is 0 Å². The molecule has 26 heavy (non-hydrogen) atoms. The van der Waals surface area contributed by atoms with Gasteiger partial charge in [0, 0.05) is 17.8 Å². The summed E-state index contributed by atoms with van der Waals surface area (Å²) >= 11 is 1.48. The molecule has 136 valence electrons. The molecule has 0 bridgehead atoms. The highest BCUT2D eigenvalue weighted by Crippen LogP contribution is 2.34. The lowest BCUT2D eigenvalue weighted by Crippen LogP contribution is -2.35. The van der Waals surface area contributed by atoms with E-state index < -0.39 is 0 Å². The molecule has 0 aliphatic carbocycles. The quantitative estimate of drug-likeness (QED) is 0.672. The minimum Gasteiger partial charge on any atom is -0.395 e. The summed E-state index contributed by atoms with van der Waals surface area (Å²) < 4.78 is 1.07. The lowest BCUT2D eigenvalue weighted by atomic mass is 10.0. The number of amides is 1. The number of rotatable bonds is 7. The summed E-state index contributed by atoms with van der Waals surface area (Å²) in [5, 5.41) is 19.6. The van der Waals surface area contributed by atoms with E-state index in [0.717, 1.165) is 21.2 Å². The van der Waals surface area contributed by atoms with E-state index >= 15 is 0 Å². The average Bonchev–Trinajstić information content (AvgIpc) is 3.01. The van der Waals surface area contributed by atoms with Crippen molar-refractivity contribution < 1.29 is 15.0 Å². The molecule has 5 heteroatoms. The number of aliphatic hydroxyl groups is 2. The Morgan fingerprint density at radius 2 is 1.65 bits per heavy atom. The lowest BCUT2D eigenvalue weighted by molar-refractivity contribution is 0.0689. The van der Waals surface area contributed by atoms with Crippen molar-refractivity contribution in [3.63, 3.8) is 0 Å². The number of carbonyl (C=O) groups is 1. The standard InChI is InChI=1S/C21H23NO3S/c1-15-6-8-16(9-7-15)14-18-17-4-2-3-5-19(17)26-20(18)21(25)22(10-12-23)11-13-24/h2-9,23-24H,10-14H2,1H3. The van der Waals surface area contributed by atoms with Crippen LogP contribution < -0.4 is 0 Å². The molecule has 1 amide bonds. The Morgan fingerprint density at radius 3 is 2.31 bits per heavy atom. The molecule has 4 nitrogen and oxygen atoms in total. The summed E-state index contributed by atoms with van der Waals surface area (Å²) in [5.41, 5.74) is 3.38. The number of thiophene rings is 1. The van der Waals surface area contributed by atoms with Crippen LogP contribution >= 0.6 is 11.3 Å². The molecule has 0 unspecified atom stereocenters. The zero-order chi connectivity index (χ0) is 18.5. The molecule has 0 fully saturated rings. The van der Waals surface area contributed by atoms with E-state index in [2.05, 4.69) is 37.3 Å². The molecular weight excluding hydrogens is 346 g/mol. The van der Waals surface area contributed by atoms with E-state index in [9.17, 15) is 15.0 Å². The topological polar surface area (TPSA) is 60.8 Å². The van der Waals surface area contributed by atoms with Crippen LogP contribution in [-0.2, 0) is 6.42 Å². The van der Waals surface area contributed by atoms with Crippen LogP contribution in [0.1, 0.15) is 26.4 Å². The molecule has 0 aliphatic rings. The highest BCUT2D eigenvalue weighted by molar-refractivity contribution is 7.21. The summed E-state index contributed by atoms with van der Waals surface area (Å²) in [6, 6.07) is 16.4. The maximum Gasteiger partial charge on any atom is 0.264 e. The van der Waals surface area contributed by atoms with Crippen molar-refractivity contribution >= 4 is 27.3 Å². The summed E-state index contributed by atoms with van der Waals surface area (Å²) in [6.45, 7) is 2.25. The van der Waals surface area contributed by atoms with Crippen molar-refractivity contribution in [2.24, 2.45) is 0 Å². The molecule has 3 aromatic rings. The molecule has 3 rings (SSSR count). The van der Waals surface area contributed by atoms with Crippen LogP contribution in [0.5, 0.6) is 0 Å². The normalized spacial score (nSPS) is 11.0. The Bertz CT molecular complexity index is 880. The first-order chi connectivity index (χ1) is 12.6. The number of hydrogen-bond donors (Lipinski definition) is 2. The van der Waals surface area contributed by atoms with E-state index in [4.69, 9.17) is 0 Å². The Hall–Kier alpha value is -2.21. The second kappa shape index (κ2) is 8.45. The van der Waals surface area contributed by atoms with E-state index in [0.29, 0.717) is 11.3 Å². The van der Waals surface area contributed by atoms with Gasteiger partial charge in [0.1, 0.15) is 0 Å². The van der Waals surface area contributed by atoms with Crippen LogP contribution in [0.2, 0.25) is 0 Å². The fourth-order valence-corrected chi connectivity index (χ4v) is 4.25. The van der Waals surface area contributed by atoms with Gasteiger partial charge in [0.05, 0.1) is 18.1 Å². The number of hydrogen-bond acceptors (Lipinski definition) is 4. The van der Waals surface area contributed by atoms with Gasteiger partial charge in [0.25, 0.3) is 5.91 Å². The monoisotopic (exact) mass is 369 g/mol.